The SMILES string of the molecule is CC1CC(c2ccc(N(C)C)cc2)C(C#N)C(=S)N1. The minimum absolute atomic E-state index is 0.199. The van der Waals surface area contributed by atoms with Crippen molar-refractivity contribution in [2.24, 2.45) is 5.92 Å². The second kappa shape index (κ2) is 5.58. The summed E-state index contributed by atoms with van der Waals surface area (Å²) in [4.78, 5) is 2.75. The Balaban J connectivity index is 2.28. The molecule has 1 aromatic carbocycles. The summed E-state index contributed by atoms with van der Waals surface area (Å²) in [5, 5.41) is 12.5. The van der Waals surface area contributed by atoms with Gasteiger partial charge in [0.25, 0.3) is 0 Å². The number of thiocarbonyl (C=S) groups is 1. The van der Waals surface area contributed by atoms with Gasteiger partial charge in [-0.2, -0.15) is 5.26 Å². The first-order chi connectivity index (χ1) is 9.02. The maximum atomic E-state index is 9.34. The van der Waals surface area contributed by atoms with E-state index in [2.05, 4.69) is 47.5 Å². The summed E-state index contributed by atoms with van der Waals surface area (Å²) in [6.07, 6.45) is 0.944. The first-order valence-corrected chi connectivity index (χ1v) is 6.91. The van der Waals surface area contributed by atoms with Gasteiger partial charge in [0.05, 0.1) is 11.1 Å². The third-order valence-electron chi connectivity index (χ3n) is 3.66. The number of nitriles is 1. The lowest BCUT2D eigenvalue weighted by Gasteiger charge is -2.33. The normalized spacial score (nSPS) is 26.4. The van der Waals surface area contributed by atoms with Gasteiger partial charge in [0.15, 0.2) is 0 Å². The Kier molecular flexibility index (Phi) is 4.06. The third-order valence-corrected chi connectivity index (χ3v) is 4.03. The van der Waals surface area contributed by atoms with Gasteiger partial charge in [-0.3, -0.25) is 0 Å². The molecular formula is C15H19N3S. The van der Waals surface area contributed by atoms with Crippen LogP contribution in [0.15, 0.2) is 24.3 Å². The molecule has 3 nitrogen and oxygen atoms in total. The molecule has 0 radical (unpaired) electrons. The van der Waals surface area contributed by atoms with Gasteiger partial charge in [0.2, 0.25) is 0 Å². The number of nitrogens with zero attached hydrogens (tertiary/aromatic N) is 2. The van der Waals surface area contributed by atoms with Crippen LogP contribution < -0.4 is 10.2 Å². The van der Waals surface area contributed by atoms with Crippen molar-refractivity contribution in [1.82, 2.24) is 5.32 Å². The van der Waals surface area contributed by atoms with Crippen molar-refractivity contribution in [1.29, 1.82) is 5.26 Å². The first kappa shape index (κ1) is 13.8. The number of hydrogen-bond acceptors (Lipinski definition) is 3. The first-order valence-electron chi connectivity index (χ1n) is 6.50. The predicted octanol–water partition coefficient (Wildman–Crippen LogP) is 2.69. The molecule has 3 atom stereocenters. The fourth-order valence-corrected chi connectivity index (χ4v) is 3.01. The Labute approximate surface area is 120 Å². The van der Waals surface area contributed by atoms with Crippen molar-refractivity contribution >= 4 is 22.9 Å². The lowest BCUT2D eigenvalue weighted by atomic mass is 9.79. The summed E-state index contributed by atoms with van der Waals surface area (Å²) >= 11 is 5.31. The number of anilines is 1. The van der Waals surface area contributed by atoms with Crippen LogP contribution in [0.5, 0.6) is 0 Å². The van der Waals surface area contributed by atoms with Crippen molar-refractivity contribution in [3.63, 3.8) is 0 Å². The number of hydrogen-bond donors (Lipinski definition) is 1. The Morgan fingerprint density at radius 1 is 1.32 bits per heavy atom. The number of benzene rings is 1. The zero-order chi connectivity index (χ0) is 14.0. The highest BCUT2D eigenvalue weighted by molar-refractivity contribution is 7.80. The van der Waals surface area contributed by atoms with Gasteiger partial charge in [-0.1, -0.05) is 24.4 Å². The Hall–Kier alpha value is -1.60. The Morgan fingerprint density at radius 2 is 1.95 bits per heavy atom. The van der Waals surface area contributed by atoms with Crippen molar-refractivity contribution in [2.75, 3.05) is 19.0 Å². The van der Waals surface area contributed by atoms with Gasteiger partial charge in [-0.05, 0) is 31.0 Å². The summed E-state index contributed by atoms with van der Waals surface area (Å²) in [6.45, 7) is 2.11. The molecule has 0 aromatic heterocycles. The van der Waals surface area contributed by atoms with Crippen LogP contribution >= 0.6 is 12.2 Å². The second-order valence-corrected chi connectivity index (χ2v) is 5.78. The van der Waals surface area contributed by atoms with E-state index in [4.69, 9.17) is 12.2 Å². The van der Waals surface area contributed by atoms with E-state index in [0.29, 0.717) is 11.0 Å². The zero-order valence-electron chi connectivity index (χ0n) is 11.6. The second-order valence-electron chi connectivity index (χ2n) is 5.34. The van der Waals surface area contributed by atoms with Crippen LogP contribution in [0.2, 0.25) is 0 Å². The summed E-state index contributed by atoms with van der Waals surface area (Å²) in [5.41, 5.74) is 2.37. The van der Waals surface area contributed by atoms with Crippen LogP contribution in [0.4, 0.5) is 5.69 Å². The topological polar surface area (TPSA) is 39.1 Å². The minimum atomic E-state index is -0.212. The monoisotopic (exact) mass is 273 g/mol. The summed E-state index contributed by atoms with van der Waals surface area (Å²) in [6, 6.07) is 11.1. The lowest BCUT2D eigenvalue weighted by molar-refractivity contribution is 0.448. The van der Waals surface area contributed by atoms with Gasteiger partial charge < -0.3 is 10.2 Å². The Bertz CT molecular complexity index is 501. The molecule has 1 saturated heterocycles. The molecule has 1 heterocycles. The molecule has 1 fully saturated rings. The van der Waals surface area contributed by atoms with Gasteiger partial charge in [-0.15, -0.1) is 0 Å². The van der Waals surface area contributed by atoms with Gasteiger partial charge >= 0.3 is 0 Å². The Morgan fingerprint density at radius 3 is 2.47 bits per heavy atom. The van der Waals surface area contributed by atoms with Gasteiger partial charge in [0.1, 0.15) is 5.92 Å². The number of nitrogens with one attached hydrogen (secondary N) is 1. The highest BCUT2D eigenvalue weighted by atomic mass is 32.1. The van der Waals surface area contributed by atoms with Gasteiger partial charge in [-0.25, -0.2) is 0 Å². The van der Waals surface area contributed by atoms with Crippen LogP contribution in [0.25, 0.3) is 0 Å². The largest absolute Gasteiger partial charge is 0.378 e. The molecule has 4 heteroatoms. The van der Waals surface area contributed by atoms with E-state index in [1.165, 1.54) is 11.3 Å². The quantitative estimate of drug-likeness (QED) is 0.841. The molecule has 0 saturated carbocycles. The van der Waals surface area contributed by atoms with Crippen molar-refractivity contribution in [2.45, 2.75) is 25.3 Å². The lowest BCUT2D eigenvalue weighted by Crippen LogP contribution is -2.44. The van der Waals surface area contributed by atoms with Crippen molar-refractivity contribution in [3.8, 4) is 6.07 Å². The minimum Gasteiger partial charge on any atom is -0.378 e. The van der Waals surface area contributed by atoms with E-state index >= 15 is 0 Å². The van der Waals surface area contributed by atoms with Crippen LogP contribution in [0.3, 0.4) is 0 Å². The molecule has 100 valence electrons. The standard InChI is InChI=1S/C15H19N3S/c1-10-8-13(14(9-16)15(19)17-10)11-4-6-12(7-5-11)18(2)3/h4-7,10,13-14H,8H2,1-3H3,(H,17,19). The number of rotatable bonds is 2. The van der Waals surface area contributed by atoms with Crippen LogP contribution in [-0.4, -0.2) is 25.1 Å². The molecular weight excluding hydrogens is 254 g/mol. The molecule has 0 aliphatic carbocycles. The number of piperidine rings is 1. The van der Waals surface area contributed by atoms with Crippen LogP contribution in [-0.2, 0) is 0 Å². The molecule has 0 bridgehead atoms. The summed E-state index contributed by atoms with van der Waals surface area (Å²) < 4.78 is 0. The molecule has 0 spiro atoms. The molecule has 2 rings (SSSR count). The van der Waals surface area contributed by atoms with Crippen molar-refractivity contribution < 1.29 is 0 Å². The fourth-order valence-electron chi connectivity index (χ4n) is 2.59. The highest BCUT2D eigenvalue weighted by Gasteiger charge is 2.33. The average molecular weight is 273 g/mol. The molecule has 1 aromatic rings. The van der Waals surface area contributed by atoms with Gasteiger partial charge in [0, 0.05) is 31.7 Å². The van der Waals surface area contributed by atoms with E-state index in [9.17, 15) is 5.26 Å². The van der Waals surface area contributed by atoms with E-state index < -0.39 is 0 Å². The van der Waals surface area contributed by atoms with E-state index in [-0.39, 0.29) is 11.8 Å². The third kappa shape index (κ3) is 2.87. The molecule has 3 unspecified atom stereocenters. The van der Waals surface area contributed by atoms with E-state index in [0.717, 1.165) is 6.42 Å². The van der Waals surface area contributed by atoms with E-state index in [1.54, 1.807) is 0 Å². The molecule has 0 amide bonds. The maximum Gasteiger partial charge on any atom is 0.103 e. The summed E-state index contributed by atoms with van der Waals surface area (Å²) in [7, 11) is 4.05. The maximum absolute atomic E-state index is 9.34. The van der Waals surface area contributed by atoms with Crippen LogP contribution in [0, 0.1) is 17.2 Å². The molecule has 1 aliphatic rings. The molecule has 19 heavy (non-hydrogen) atoms. The molecule has 1 aliphatic heterocycles. The summed E-state index contributed by atoms with van der Waals surface area (Å²) in [5.74, 6) is -0.0126. The fraction of sp³-hybridized carbons (Fsp3) is 0.467. The average Bonchev–Trinajstić information content (AvgIpc) is 2.38. The zero-order valence-corrected chi connectivity index (χ0v) is 12.4. The predicted molar refractivity (Wildman–Crippen MR) is 82.4 cm³/mol. The molecule has 1 N–H and O–H groups in total. The van der Waals surface area contributed by atoms with Crippen molar-refractivity contribution in [3.05, 3.63) is 29.8 Å². The highest BCUT2D eigenvalue weighted by Crippen LogP contribution is 2.34. The van der Waals surface area contributed by atoms with E-state index in [1.807, 2.05) is 14.1 Å². The van der Waals surface area contributed by atoms with Crippen LogP contribution in [0.1, 0.15) is 24.8 Å². The smallest absolute Gasteiger partial charge is 0.103 e.